The van der Waals surface area contributed by atoms with Gasteiger partial charge in [-0.1, -0.05) is 12.1 Å². The molecule has 0 unspecified atom stereocenters. The maximum absolute atomic E-state index is 12.3. The van der Waals surface area contributed by atoms with Gasteiger partial charge in [-0.25, -0.2) is 0 Å². The summed E-state index contributed by atoms with van der Waals surface area (Å²) in [4.78, 5) is 14.3. The fraction of sp³-hybridized carbons (Fsp3) is 0.316. The summed E-state index contributed by atoms with van der Waals surface area (Å²) in [6.45, 7) is 2.44. The fourth-order valence-corrected chi connectivity index (χ4v) is 3.96. The first-order chi connectivity index (χ1) is 11.3. The van der Waals surface area contributed by atoms with Crippen molar-refractivity contribution in [1.29, 1.82) is 0 Å². The number of carbonyl (C=O) groups is 1. The van der Waals surface area contributed by atoms with Gasteiger partial charge in [-0.3, -0.25) is 4.79 Å². The molecular formula is C19H19NO2S. The Morgan fingerprint density at radius 3 is 3.17 bits per heavy atom. The lowest BCUT2D eigenvalue weighted by Crippen LogP contribution is -2.26. The van der Waals surface area contributed by atoms with Gasteiger partial charge in [-0.15, -0.1) is 0 Å². The summed E-state index contributed by atoms with van der Waals surface area (Å²) in [5, 5.41) is 4.07. The summed E-state index contributed by atoms with van der Waals surface area (Å²) in [7, 11) is 0. The minimum Gasteiger partial charge on any atom is -0.493 e. The number of nitrogens with zero attached hydrogens (tertiary/aromatic N) is 1. The summed E-state index contributed by atoms with van der Waals surface area (Å²) in [5.41, 5.74) is 3.74. The number of fused-ring (bicyclic) bond motifs is 1. The van der Waals surface area contributed by atoms with Crippen LogP contribution >= 0.6 is 11.3 Å². The zero-order chi connectivity index (χ0) is 15.6. The molecule has 0 bridgehead atoms. The van der Waals surface area contributed by atoms with Gasteiger partial charge in [0, 0.05) is 31.5 Å². The molecule has 0 N–H and O–H groups in total. The molecule has 0 saturated carbocycles. The molecule has 3 nitrogen and oxygen atoms in total. The number of carbonyl (C=O) groups excluding carboxylic acids is 1. The molecular weight excluding hydrogens is 306 g/mol. The quantitative estimate of drug-likeness (QED) is 0.805. The van der Waals surface area contributed by atoms with Crippen LogP contribution in [0.15, 0.2) is 41.1 Å². The number of hydrogen-bond acceptors (Lipinski definition) is 3. The molecule has 0 spiro atoms. The lowest BCUT2D eigenvalue weighted by Gasteiger charge is -2.15. The van der Waals surface area contributed by atoms with Crippen LogP contribution in [0.3, 0.4) is 0 Å². The number of benzene rings is 1. The molecule has 2 aromatic rings. The van der Waals surface area contributed by atoms with Crippen LogP contribution in [0.5, 0.6) is 5.75 Å². The van der Waals surface area contributed by atoms with Crippen LogP contribution in [0.2, 0.25) is 0 Å². The first-order valence-corrected chi connectivity index (χ1v) is 8.99. The minimum atomic E-state index is 0.114. The summed E-state index contributed by atoms with van der Waals surface area (Å²) < 4.78 is 5.57. The van der Waals surface area contributed by atoms with Crippen molar-refractivity contribution in [3.8, 4) is 5.75 Å². The van der Waals surface area contributed by atoms with Crippen molar-refractivity contribution in [2.45, 2.75) is 18.8 Å². The average Bonchev–Trinajstić information content (AvgIpc) is 3.32. The van der Waals surface area contributed by atoms with Gasteiger partial charge in [-0.2, -0.15) is 11.3 Å². The van der Waals surface area contributed by atoms with Gasteiger partial charge in [0.15, 0.2) is 0 Å². The van der Waals surface area contributed by atoms with E-state index in [4.69, 9.17) is 4.74 Å². The molecule has 3 heterocycles. The molecule has 4 rings (SSSR count). The van der Waals surface area contributed by atoms with Gasteiger partial charge < -0.3 is 9.64 Å². The monoisotopic (exact) mass is 325 g/mol. The molecule has 2 aliphatic rings. The first-order valence-electron chi connectivity index (χ1n) is 8.04. The normalized spacial score (nSPS) is 20.0. The predicted octanol–water partition coefficient (Wildman–Crippen LogP) is 3.71. The predicted molar refractivity (Wildman–Crippen MR) is 92.9 cm³/mol. The van der Waals surface area contributed by atoms with E-state index in [1.54, 1.807) is 17.4 Å². The highest BCUT2D eigenvalue weighted by atomic mass is 32.1. The third kappa shape index (κ3) is 3.04. The van der Waals surface area contributed by atoms with Gasteiger partial charge in [-0.05, 0) is 52.1 Å². The molecule has 0 aliphatic carbocycles. The zero-order valence-corrected chi connectivity index (χ0v) is 13.7. The van der Waals surface area contributed by atoms with E-state index in [0.29, 0.717) is 5.92 Å². The molecule has 1 amide bonds. The molecule has 2 aliphatic heterocycles. The van der Waals surface area contributed by atoms with Crippen molar-refractivity contribution in [3.63, 3.8) is 0 Å². The van der Waals surface area contributed by atoms with E-state index >= 15 is 0 Å². The SMILES string of the molecule is O=C(/C=C/c1ccsc1)N1CC[C@H](c2ccc3c(c2)CCO3)C1. The molecule has 1 aromatic carbocycles. The Bertz CT molecular complexity index is 736. The lowest BCUT2D eigenvalue weighted by molar-refractivity contribution is -0.124. The molecule has 1 fully saturated rings. The van der Waals surface area contributed by atoms with Crippen LogP contribution < -0.4 is 4.74 Å². The average molecular weight is 325 g/mol. The lowest BCUT2D eigenvalue weighted by atomic mass is 9.96. The molecule has 118 valence electrons. The van der Waals surface area contributed by atoms with E-state index in [0.717, 1.165) is 43.9 Å². The number of rotatable bonds is 3. The van der Waals surface area contributed by atoms with Crippen molar-refractivity contribution >= 4 is 23.3 Å². The molecule has 1 saturated heterocycles. The number of likely N-dealkylation sites (tertiary alicyclic amines) is 1. The Labute approximate surface area is 140 Å². The smallest absolute Gasteiger partial charge is 0.246 e. The second kappa shape index (κ2) is 6.20. The van der Waals surface area contributed by atoms with Crippen LogP contribution in [0.25, 0.3) is 6.08 Å². The molecule has 1 aromatic heterocycles. The maximum Gasteiger partial charge on any atom is 0.246 e. The highest BCUT2D eigenvalue weighted by molar-refractivity contribution is 7.08. The van der Waals surface area contributed by atoms with Crippen LogP contribution in [0.1, 0.15) is 29.0 Å². The molecule has 4 heteroatoms. The van der Waals surface area contributed by atoms with Gasteiger partial charge >= 0.3 is 0 Å². The zero-order valence-electron chi connectivity index (χ0n) is 12.9. The van der Waals surface area contributed by atoms with Crippen LogP contribution in [0.4, 0.5) is 0 Å². The van der Waals surface area contributed by atoms with Crippen molar-refractivity contribution < 1.29 is 9.53 Å². The Morgan fingerprint density at radius 1 is 1.35 bits per heavy atom. The highest BCUT2D eigenvalue weighted by Gasteiger charge is 2.27. The number of amides is 1. The van der Waals surface area contributed by atoms with E-state index in [2.05, 4.69) is 18.2 Å². The third-order valence-electron chi connectivity index (χ3n) is 4.65. The first kappa shape index (κ1) is 14.5. The van der Waals surface area contributed by atoms with Gasteiger partial charge in [0.2, 0.25) is 5.91 Å². The standard InChI is InChI=1S/C19H19NO2S/c21-19(4-1-14-7-10-23-13-14)20-8-5-17(12-20)15-2-3-18-16(11-15)6-9-22-18/h1-4,7,10-11,13,17H,5-6,8-9,12H2/b4-1+/t17-/m0/s1. The van der Waals surface area contributed by atoms with Crippen molar-refractivity contribution in [3.05, 3.63) is 57.8 Å². The van der Waals surface area contributed by atoms with E-state index in [1.165, 1.54) is 11.1 Å². The fourth-order valence-electron chi connectivity index (χ4n) is 3.34. The van der Waals surface area contributed by atoms with Gasteiger partial charge in [0.25, 0.3) is 0 Å². The van der Waals surface area contributed by atoms with E-state index in [-0.39, 0.29) is 5.91 Å². The maximum atomic E-state index is 12.3. The van der Waals surface area contributed by atoms with Crippen molar-refractivity contribution in [1.82, 2.24) is 4.90 Å². The second-order valence-electron chi connectivity index (χ2n) is 6.13. The third-order valence-corrected chi connectivity index (χ3v) is 5.35. The highest BCUT2D eigenvalue weighted by Crippen LogP contribution is 2.33. The van der Waals surface area contributed by atoms with E-state index in [1.807, 2.05) is 27.8 Å². The molecule has 23 heavy (non-hydrogen) atoms. The van der Waals surface area contributed by atoms with Gasteiger partial charge in [0.1, 0.15) is 5.75 Å². The summed E-state index contributed by atoms with van der Waals surface area (Å²) in [6, 6.07) is 8.53. The van der Waals surface area contributed by atoms with Gasteiger partial charge in [0.05, 0.1) is 6.61 Å². The second-order valence-corrected chi connectivity index (χ2v) is 6.91. The van der Waals surface area contributed by atoms with Crippen LogP contribution in [0, 0.1) is 0 Å². The Hall–Kier alpha value is -2.07. The summed E-state index contributed by atoms with van der Waals surface area (Å²) >= 11 is 1.64. The van der Waals surface area contributed by atoms with Crippen LogP contribution in [-0.2, 0) is 11.2 Å². The Balaban J connectivity index is 1.41. The number of hydrogen-bond donors (Lipinski definition) is 0. The van der Waals surface area contributed by atoms with Crippen molar-refractivity contribution in [2.75, 3.05) is 19.7 Å². The van der Waals surface area contributed by atoms with Crippen molar-refractivity contribution in [2.24, 2.45) is 0 Å². The minimum absolute atomic E-state index is 0.114. The topological polar surface area (TPSA) is 29.5 Å². The molecule has 0 radical (unpaired) electrons. The Kier molecular flexibility index (Phi) is 3.92. The summed E-state index contributed by atoms with van der Waals surface area (Å²) in [5.74, 6) is 1.58. The largest absolute Gasteiger partial charge is 0.493 e. The van der Waals surface area contributed by atoms with E-state index < -0.39 is 0 Å². The summed E-state index contributed by atoms with van der Waals surface area (Å²) in [6.07, 6.45) is 5.64. The van der Waals surface area contributed by atoms with E-state index in [9.17, 15) is 4.79 Å². The number of ether oxygens (including phenoxy) is 1. The van der Waals surface area contributed by atoms with Crippen LogP contribution in [-0.4, -0.2) is 30.5 Å². The molecule has 1 atom stereocenters. The number of thiophene rings is 1. The Morgan fingerprint density at radius 2 is 2.30 bits per heavy atom.